The molecular formula is C24H22Cl2O. The first kappa shape index (κ1) is 19.5. The van der Waals surface area contributed by atoms with E-state index in [0.29, 0.717) is 12.5 Å². The van der Waals surface area contributed by atoms with Crippen LogP contribution in [-0.2, 0) is 0 Å². The summed E-state index contributed by atoms with van der Waals surface area (Å²) in [4.78, 5) is 0. The Balaban J connectivity index is 2.19. The summed E-state index contributed by atoms with van der Waals surface area (Å²) in [6, 6.07) is 26.6. The minimum atomic E-state index is 0.547. The van der Waals surface area contributed by atoms with Crippen LogP contribution in [0.25, 0.3) is 11.1 Å². The van der Waals surface area contributed by atoms with E-state index in [4.69, 9.17) is 27.9 Å². The number of allylic oxidation sites excluding steroid dienone is 1. The zero-order chi connectivity index (χ0) is 19.1. The van der Waals surface area contributed by atoms with Crippen molar-refractivity contribution in [2.75, 3.05) is 12.5 Å². The van der Waals surface area contributed by atoms with E-state index >= 15 is 0 Å². The number of alkyl halides is 1. The van der Waals surface area contributed by atoms with Gasteiger partial charge in [0, 0.05) is 10.9 Å². The highest BCUT2D eigenvalue weighted by Gasteiger charge is 2.14. The third-order valence-electron chi connectivity index (χ3n) is 4.36. The Bertz CT molecular complexity index is 882. The van der Waals surface area contributed by atoms with Crippen LogP contribution >= 0.6 is 23.2 Å². The van der Waals surface area contributed by atoms with Crippen molar-refractivity contribution < 1.29 is 4.74 Å². The van der Waals surface area contributed by atoms with Gasteiger partial charge in [-0.25, -0.2) is 0 Å². The maximum absolute atomic E-state index is 6.18. The highest BCUT2D eigenvalue weighted by Crippen LogP contribution is 2.35. The molecule has 0 heterocycles. The fraction of sp³-hybridized carbons (Fsp3) is 0.167. The lowest BCUT2D eigenvalue weighted by Crippen LogP contribution is -1.97. The van der Waals surface area contributed by atoms with Crippen LogP contribution in [0, 0.1) is 0 Å². The monoisotopic (exact) mass is 396 g/mol. The molecule has 3 rings (SSSR count). The summed E-state index contributed by atoms with van der Waals surface area (Å²) in [5.74, 6) is 1.42. The summed E-state index contributed by atoms with van der Waals surface area (Å²) in [5.41, 5.74) is 5.82. The minimum absolute atomic E-state index is 0.547. The van der Waals surface area contributed by atoms with Gasteiger partial charge in [-0.2, -0.15) is 0 Å². The van der Waals surface area contributed by atoms with Crippen LogP contribution in [0.4, 0.5) is 0 Å². The first-order valence-corrected chi connectivity index (χ1v) is 9.98. The topological polar surface area (TPSA) is 9.23 Å². The Morgan fingerprint density at radius 1 is 0.778 bits per heavy atom. The van der Waals surface area contributed by atoms with E-state index in [9.17, 15) is 0 Å². The third-order valence-corrected chi connectivity index (χ3v) is 4.80. The molecule has 0 aliphatic carbocycles. The maximum Gasteiger partial charge on any atom is 0.119 e. The molecule has 1 nitrogen and oxygen atoms in total. The zero-order valence-corrected chi connectivity index (χ0v) is 16.8. The molecule has 3 aromatic rings. The smallest absolute Gasteiger partial charge is 0.119 e. The predicted molar refractivity (Wildman–Crippen MR) is 117 cm³/mol. The van der Waals surface area contributed by atoms with Crippen molar-refractivity contribution in [1.29, 1.82) is 0 Å². The van der Waals surface area contributed by atoms with Gasteiger partial charge in [0.05, 0.1) is 6.61 Å². The van der Waals surface area contributed by atoms with E-state index in [1.165, 1.54) is 11.1 Å². The van der Waals surface area contributed by atoms with Crippen molar-refractivity contribution in [3.63, 3.8) is 0 Å². The molecule has 138 valence electrons. The lowest BCUT2D eigenvalue weighted by molar-refractivity contribution is 0.340. The number of halogens is 2. The normalized spacial score (nSPS) is 11.8. The number of hydrogen-bond donors (Lipinski definition) is 0. The molecule has 0 spiro atoms. The van der Waals surface area contributed by atoms with Crippen molar-refractivity contribution in [3.05, 3.63) is 101 Å². The van der Waals surface area contributed by atoms with Gasteiger partial charge in [-0.15, -0.1) is 11.6 Å². The molecule has 0 unspecified atom stereocenters. The Morgan fingerprint density at radius 3 is 1.96 bits per heavy atom. The lowest BCUT2D eigenvalue weighted by atomic mass is 9.88. The standard InChI is InChI=1S/C24H22Cl2O/c1-2-27-22-14-10-20(11-15-22)24(19-6-4-3-5-7-19)23(16-17-25)18-8-12-21(26)13-9-18/h3-15H,2,16-17H2,1H3/b24-23-. The Labute approximate surface area is 171 Å². The van der Waals surface area contributed by atoms with Crippen LogP contribution in [0.1, 0.15) is 30.0 Å². The van der Waals surface area contributed by atoms with Crippen LogP contribution in [0.3, 0.4) is 0 Å². The van der Waals surface area contributed by atoms with Crippen molar-refractivity contribution in [2.45, 2.75) is 13.3 Å². The molecule has 0 saturated carbocycles. The van der Waals surface area contributed by atoms with Crippen LogP contribution in [0.15, 0.2) is 78.9 Å². The van der Waals surface area contributed by atoms with Gasteiger partial charge in [0.15, 0.2) is 0 Å². The van der Waals surface area contributed by atoms with Gasteiger partial charge in [-0.3, -0.25) is 0 Å². The van der Waals surface area contributed by atoms with E-state index in [0.717, 1.165) is 33.9 Å². The molecule has 0 aliphatic rings. The van der Waals surface area contributed by atoms with Crippen molar-refractivity contribution >= 4 is 34.3 Å². The van der Waals surface area contributed by atoms with E-state index in [-0.39, 0.29) is 0 Å². The van der Waals surface area contributed by atoms with Crippen molar-refractivity contribution in [3.8, 4) is 5.75 Å². The number of ether oxygens (including phenoxy) is 1. The summed E-state index contributed by atoms with van der Waals surface area (Å²) in [7, 11) is 0. The van der Waals surface area contributed by atoms with Gasteiger partial charge in [0.1, 0.15) is 5.75 Å². The molecule has 0 saturated heterocycles. The fourth-order valence-corrected chi connectivity index (χ4v) is 3.48. The van der Waals surface area contributed by atoms with Crippen LogP contribution in [0.5, 0.6) is 5.75 Å². The summed E-state index contributed by atoms with van der Waals surface area (Å²) >= 11 is 12.3. The summed E-state index contributed by atoms with van der Waals surface area (Å²) < 4.78 is 5.60. The number of hydrogen-bond acceptors (Lipinski definition) is 1. The lowest BCUT2D eigenvalue weighted by Gasteiger charge is -2.17. The van der Waals surface area contributed by atoms with Crippen molar-refractivity contribution in [2.24, 2.45) is 0 Å². The second kappa shape index (κ2) is 9.64. The molecule has 0 radical (unpaired) electrons. The highest BCUT2D eigenvalue weighted by atomic mass is 35.5. The molecule has 0 bridgehead atoms. The highest BCUT2D eigenvalue weighted by molar-refractivity contribution is 6.30. The van der Waals surface area contributed by atoms with Gasteiger partial charge in [0.25, 0.3) is 0 Å². The first-order chi connectivity index (χ1) is 13.2. The number of rotatable bonds is 7. The summed E-state index contributed by atoms with van der Waals surface area (Å²) in [6.45, 7) is 2.64. The molecule has 0 fully saturated rings. The predicted octanol–water partition coefficient (Wildman–Crippen LogP) is 7.33. The largest absolute Gasteiger partial charge is 0.494 e. The Kier molecular flexibility index (Phi) is 6.98. The zero-order valence-electron chi connectivity index (χ0n) is 15.3. The van der Waals surface area contributed by atoms with Crippen LogP contribution in [-0.4, -0.2) is 12.5 Å². The molecular weight excluding hydrogens is 375 g/mol. The molecule has 0 aromatic heterocycles. The van der Waals surface area contributed by atoms with Gasteiger partial charge >= 0.3 is 0 Å². The second-order valence-corrected chi connectivity index (χ2v) is 6.94. The molecule has 0 N–H and O–H groups in total. The van der Waals surface area contributed by atoms with Gasteiger partial charge < -0.3 is 4.74 Å². The third kappa shape index (κ3) is 4.94. The van der Waals surface area contributed by atoms with Gasteiger partial charge in [0.2, 0.25) is 0 Å². The minimum Gasteiger partial charge on any atom is -0.494 e. The average Bonchev–Trinajstić information content (AvgIpc) is 2.71. The molecule has 27 heavy (non-hydrogen) atoms. The maximum atomic E-state index is 6.18. The van der Waals surface area contributed by atoms with E-state index in [1.807, 2.05) is 37.3 Å². The van der Waals surface area contributed by atoms with E-state index < -0.39 is 0 Å². The fourth-order valence-electron chi connectivity index (χ4n) is 3.16. The molecule has 0 amide bonds. The average molecular weight is 397 g/mol. The molecule has 3 heteroatoms. The second-order valence-electron chi connectivity index (χ2n) is 6.12. The van der Waals surface area contributed by atoms with Crippen LogP contribution < -0.4 is 4.74 Å². The Hall–Kier alpha value is -2.22. The van der Waals surface area contributed by atoms with Crippen LogP contribution in [0.2, 0.25) is 5.02 Å². The van der Waals surface area contributed by atoms with Gasteiger partial charge in [-0.1, -0.05) is 66.2 Å². The Morgan fingerprint density at radius 2 is 1.37 bits per heavy atom. The number of benzene rings is 3. The van der Waals surface area contributed by atoms with Crippen molar-refractivity contribution in [1.82, 2.24) is 0 Å². The van der Waals surface area contributed by atoms with Gasteiger partial charge in [-0.05, 0) is 65.4 Å². The summed E-state index contributed by atoms with van der Waals surface area (Å²) in [6.07, 6.45) is 0.765. The SMILES string of the molecule is CCOc1ccc(/C(=C(/CCCl)c2ccc(Cl)cc2)c2ccccc2)cc1. The molecule has 3 aromatic carbocycles. The quantitative estimate of drug-likeness (QED) is 0.300. The molecule has 0 aliphatic heterocycles. The summed E-state index contributed by atoms with van der Waals surface area (Å²) in [5, 5.41) is 0.728. The van der Waals surface area contributed by atoms with E-state index in [2.05, 4.69) is 48.5 Å². The van der Waals surface area contributed by atoms with E-state index in [1.54, 1.807) is 0 Å². The first-order valence-electron chi connectivity index (χ1n) is 9.06. The molecule has 0 atom stereocenters.